The van der Waals surface area contributed by atoms with Crippen molar-refractivity contribution in [3.63, 3.8) is 0 Å². The van der Waals surface area contributed by atoms with Gasteiger partial charge in [0.15, 0.2) is 10.1 Å². The zero-order valence-electron chi connectivity index (χ0n) is 16.4. The number of aromatic nitrogens is 2. The van der Waals surface area contributed by atoms with E-state index in [9.17, 15) is 51.9 Å². The van der Waals surface area contributed by atoms with Crippen molar-refractivity contribution in [2.75, 3.05) is 0 Å². The van der Waals surface area contributed by atoms with E-state index in [1.165, 1.54) is 18.2 Å². The van der Waals surface area contributed by atoms with Gasteiger partial charge in [-0.05, 0) is 5.56 Å². The van der Waals surface area contributed by atoms with E-state index in [0.29, 0.717) is 0 Å². The van der Waals surface area contributed by atoms with Crippen molar-refractivity contribution in [1.29, 1.82) is 0 Å². The maximum absolute atomic E-state index is 12.1. The zero-order chi connectivity index (χ0) is 23.6. The second-order valence-electron chi connectivity index (χ2n) is 5.85. The van der Waals surface area contributed by atoms with Crippen LogP contribution in [0.4, 0.5) is 0 Å². The number of rotatable bonds is 5. The molecule has 0 radical (unpaired) electrons. The zero-order valence-corrected chi connectivity index (χ0v) is 23.7. The van der Waals surface area contributed by atoms with Crippen molar-refractivity contribution in [1.82, 2.24) is 9.97 Å². The van der Waals surface area contributed by atoms with E-state index in [2.05, 4.69) is 4.98 Å². The molecule has 0 aliphatic heterocycles. The van der Waals surface area contributed by atoms with E-state index >= 15 is 0 Å². The number of hydrogen-bond donors (Lipinski definition) is 3. The number of fused-ring (bicyclic) bond motifs is 1. The Hall–Kier alpha value is -0.450. The molecule has 0 aliphatic rings. The molecular weight excluding hydrogens is 550 g/mol. The maximum Gasteiger partial charge on any atom is 1.00 e. The van der Waals surface area contributed by atoms with Crippen LogP contribution in [0.25, 0.3) is 22.2 Å². The second kappa shape index (κ2) is 9.90. The first-order valence-electron chi connectivity index (χ1n) is 7.46. The molecule has 3 N–H and O–H groups in total. The monoisotopic (exact) mass is 558 g/mol. The van der Waals surface area contributed by atoms with Gasteiger partial charge in [0.05, 0.1) is 5.52 Å². The fourth-order valence-corrected chi connectivity index (χ4v) is 6.79. The Morgan fingerprint density at radius 1 is 0.727 bits per heavy atom. The van der Waals surface area contributed by atoms with Crippen molar-refractivity contribution in [3.05, 3.63) is 30.3 Å². The summed E-state index contributed by atoms with van der Waals surface area (Å²) in [6.07, 6.45) is 0. The van der Waals surface area contributed by atoms with E-state index in [-0.39, 0.29) is 64.7 Å². The Balaban J connectivity index is 0.00000272. The summed E-state index contributed by atoms with van der Waals surface area (Å²) in [4.78, 5) is -0.803. The van der Waals surface area contributed by atoms with Crippen molar-refractivity contribution < 1.29 is 111 Å². The molecular formula is C13H8N2Na2O12S4. The van der Waals surface area contributed by atoms with Gasteiger partial charge in [0.1, 0.15) is 30.3 Å². The van der Waals surface area contributed by atoms with Crippen LogP contribution in [-0.4, -0.2) is 61.9 Å². The van der Waals surface area contributed by atoms with Crippen molar-refractivity contribution in [2.45, 2.75) is 19.8 Å². The summed E-state index contributed by atoms with van der Waals surface area (Å²) in [5, 5.41) is -1.49. The number of imidazole rings is 1. The largest absolute Gasteiger partial charge is 1.00 e. The minimum atomic E-state index is -6.00. The summed E-state index contributed by atoms with van der Waals surface area (Å²) in [5.74, 6) is 0. The van der Waals surface area contributed by atoms with Gasteiger partial charge >= 0.3 is 59.1 Å². The molecule has 0 unspecified atom stereocenters. The topological polar surface area (TPSA) is 252 Å². The van der Waals surface area contributed by atoms with Crippen LogP contribution in [0.2, 0.25) is 0 Å². The Morgan fingerprint density at radius 2 is 1.21 bits per heavy atom. The average Bonchev–Trinajstić information content (AvgIpc) is 3.02. The summed E-state index contributed by atoms with van der Waals surface area (Å²) in [6, 6.07) is 6.28. The van der Waals surface area contributed by atoms with Gasteiger partial charge in [0.2, 0.25) is 5.16 Å². The number of aromatic amines is 1. The first-order valence-corrected chi connectivity index (χ1v) is 13.2. The standard InChI is InChI=1S/C13H10N2O12S4.2Na/c16-28(17,18)10-7(6-4-2-1-3-5-6)8-9(15-13(14-8)31(25,26)27)11(29(19,20)21)12(10)30(22,23)24;;/h1-5H,(H,14,15)(H,16,17,18)(H,19,20,21)(H,22,23,24)(H,25,26,27);;/q;2*+1/p-2. The van der Waals surface area contributed by atoms with Gasteiger partial charge in [-0.15, -0.1) is 0 Å². The smallest absolute Gasteiger partial charge is 0.744 e. The fraction of sp³-hybridized carbons (Fsp3) is 0. The maximum atomic E-state index is 12.1. The number of nitrogens with zero attached hydrogens (tertiary/aromatic N) is 1. The second-order valence-corrected chi connectivity index (χ2v) is 11.2. The van der Waals surface area contributed by atoms with Gasteiger partial charge in [-0.25, -0.2) is 21.8 Å². The van der Waals surface area contributed by atoms with Crippen LogP contribution in [-0.2, 0) is 40.5 Å². The van der Waals surface area contributed by atoms with E-state index < -0.39 is 76.9 Å². The van der Waals surface area contributed by atoms with E-state index in [4.69, 9.17) is 0 Å². The van der Waals surface area contributed by atoms with Crippen LogP contribution in [0.1, 0.15) is 0 Å². The van der Waals surface area contributed by atoms with E-state index in [1.807, 2.05) is 4.98 Å². The number of hydrogen-bond acceptors (Lipinski definition) is 11. The first kappa shape index (κ1) is 30.6. The van der Waals surface area contributed by atoms with Gasteiger partial charge in [-0.2, -0.15) is 16.8 Å². The molecule has 33 heavy (non-hydrogen) atoms. The molecule has 0 saturated heterocycles. The predicted octanol–water partition coefficient (Wildman–Crippen LogP) is -6.46. The Bertz CT molecular complexity index is 1660. The molecule has 14 nitrogen and oxygen atoms in total. The summed E-state index contributed by atoms with van der Waals surface area (Å²) in [7, 11) is -23.1. The summed E-state index contributed by atoms with van der Waals surface area (Å²) in [5.41, 5.74) is -3.28. The molecule has 0 atom stereocenters. The number of nitrogens with one attached hydrogen (secondary N) is 1. The van der Waals surface area contributed by atoms with Gasteiger partial charge < -0.3 is 14.1 Å². The quantitative estimate of drug-likeness (QED) is 0.195. The average molecular weight is 558 g/mol. The molecule has 3 rings (SSSR count). The summed E-state index contributed by atoms with van der Waals surface area (Å²) >= 11 is 0. The SMILES string of the molecule is O=S(=O)([O-])c1nc2c(S(=O)(=O)[O-])c(S(=O)(=O)O)c(S(=O)(=O)O)c(-c3ccccc3)c2[nH]1.[Na+].[Na+]. The van der Waals surface area contributed by atoms with Crippen molar-refractivity contribution in [3.8, 4) is 11.1 Å². The van der Waals surface area contributed by atoms with Gasteiger partial charge in [0, 0.05) is 5.56 Å². The van der Waals surface area contributed by atoms with Crippen LogP contribution in [0.3, 0.4) is 0 Å². The molecule has 168 valence electrons. The minimum Gasteiger partial charge on any atom is -0.744 e. The van der Waals surface area contributed by atoms with Crippen LogP contribution >= 0.6 is 0 Å². The molecule has 1 heterocycles. The van der Waals surface area contributed by atoms with Crippen LogP contribution in [0.5, 0.6) is 0 Å². The van der Waals surface area contributed by atoms with Crippen LogP contribution in [0.15, 0.2) is 50.2 Å². The number of benzene rings is 2. The molecule has 20 heteroatoms. The molecule has 0 bridgehead atoms. The molecule has 0 saturated carbocycles. The molecule has 0 amide bonds. The molecule has 1 aromatic heterocycles. The van der Waals surface area contributed by atoms with Gasteiger partial charge in [-0.1, -0.05) is 30.3 Å². The van der Waals surface area contributed by atoms with Crippen molar-refractivity contribution >= 4 is 51.5 Å². The molecule has 2 aromatic carbocycles. The Labute approximate surface area is 231 Å². The molecule has 0 spiro atoms. The van der Waals surface area contributed by atoms with Crippen molar-refractivity contribution in [2.24, 2.45) is 0 Å². The summed E-state index contributed by atoms with van der Waals surface area (Å²) in [6.45, 7) is 0. The third-order valence-electron chi connectivity index (χ3n) is 3.85. The molecule has 0 fully saturated rings. The Morgan fingerprint density at radius 3 is 1.61 bits per heavy atom. The third kappa shape index (κ3) is 6.04. The van der Waals surface area contributed by atoms with Gasteiger partial charge in [-0.3, -0.25) is 9.11 Å². The normalized spacial score (nSPS) is 12.7. The fourth-order valence-electron chi connectivity index (χ4n) is 2.85. The molecule has 3 aromatic rings. The van der Waals surface area contributed by atoms with E-state index in [0.717, 1.165) is 12.1 Å². The molecule has 0 aliphatic carbocycles. The third-order valence-corrected chi connectivity index (χ3v) is 7.52. The predicted molar refractivity (Wildman–Crippen MR) is 97.1 cm³/mol. The minimum absolute atomic E-state index is 0. The van der Waals surface area contributed by atoms with Gasteiger partial charge in [0.25, 0.3) is 20.2 Å². The summed E-state index contributed by atoms with van der Waals surface area (Å²) < 4.78 is 137. The van der Waals surface area contributed by atoms with Crippen LogP contribution in [0, 0.1) is 0 Å². The Kier molecular flexibility index (Phi) is 9.17. The number of H-pyrrole nitrogens is 1. The van der Waals surface area contributed by atoms with Crippen LogP contribution < -0.4 is 59.1 Å². The first-order chi connectivity index (χ1) is 13.9. The van der Waals surface area contributed by atoms with E-state index in [1.54, 1.807) is 0 Å².